The van der Waals surface area contributed by atoms with Crippen molar-refractivity contribution < 1.29 is 13.2 Å². The number of hydrogen-bond donors (Lipinski definition) is 1. The quantitative estimate of drug-likeness (QED) is 0.523. The summed E-state index contributed by atoms with van der Waals surface area (Å²) in [6, 6.07) is 17.5. The fourth-order valence-corrected chi connectivity index (χ4v) is 5.95. The number of sulfonamides is 1. The second-order valence-electron chi connectivity index (χ2n) is 9.72. The number of hydrogen-bond acceptors (Lipinski definition) is 4. The summed E-state index contributed by atoms with van der Waals surface area (Å²) in [5.74, 6) is -0.233. The molecule has 4 rings (SSSR count). The molecule has 1 saturated heterocycles. The number of amides is 1. The van der Waals surface area contributed by atoms with Gasteiger partial charge in [0.15, 0.2) is 0 Å². The number of anilines is 1. The summed E-state index contributed by atoms with van der Waals surface area (Å²) in [6.45, 7) is 6.85. The van der Waals surface area contributed by atoms with Crippen LogP contribution < -0.4 is 5.32 Å². The van der Waals surface area contributed by atoms with E-state index in [0.717, 1.165) is 30.4 Å². The molecule has 1 N–H and O–H groups in total. The number of carbonyl (C=O) groups is 1. The number of nitrogens with one attached hydrogen (secondary N) is 1. The Morgan fingerprint density at radius 3 is 2.32 bits per heavy atom. The smallest absolute Gasteiger partial charge is 0.255 e. The number of rotatable bonds is 5. The molecule has 1 aromatic heterocycles. The summed E-state index contributed by atoms with van der Waals surface area (Å²) in [4.78, 5) is 17.0. The first-order valence-electron chi connectivity index (χ1n) is 11.6. The van der Waals surface area contributed by atoms with Crippen LogP contribution in [0, 0.1) is 0 Å². The number of carbonyl (C=O) groups excluding carboxylic acids is 1. The van der Waals surface area contributed by atoms with Gasteiger partial charge in [0.25, 0.3) is 5.91 Å². The topological polar surface area (TPSA) is 79.4 Å². The molecule has 2 aromatic carbocycles. The van der Waals surface area contributed by atoms with Gasteiger partial charge in [-0.25, -0.2) is 8.42 Å². The third-order valence-electron chi connectivity index (χ3n) is 6.25. The Hall–Kier alpha value is -3.03. The Labute approximate surface area is 202 Å². The molecule has 1 aliphatic heterocycles. The lowest BCUT2D eigenvalue weighted by molar-refractivity contribution is 0.102. The van der Waals surface area contributed by atoms with Crippen molar-refractivity contribution in [3.8, 4) is 0 Å². The Morgan fingerprint density at radius 2 is 1.71 bits per heavy atom. The normalized spacial score (nSPS) is 17.3. The van der Waals surface area contributed by atoms with E-state index in [1.54, 1.807) is 41.0 Å². The number of benzene rings is 2. The first kappa shape index (κ1) is 24.1. The highest BCUT2D eigenvalue weighted by Crippen LogP contribution is 2.35. The van der Waals surface area contributed by atoms with E-state index in [1.807, 2.05) is 36.4 Å². The first-order chi connectivity index (χ1) is 16.2. The average Bonchev–Trinajstić information content (AvgIpc) is 2.84. The maximum absolute atomic E-state index is 13.5. The number of aromatic nitrogens is 1. The van der Waals surface area contributed by atoms with Gasteiger partial charge < -0.3 is 5.32 Å². The molecule has 1 aliphatic rings. The van der Waals surface area contributed by atoms with Crippen molar-refractivity contribution in [1.29, 1.82) is 0 Å². The van der Waals surface area contributed by atoms with Crippen LogP contribution in [0.1, 0.15) is 67.6 Å². The molecular weight excluding hydrogens is 446 g/mol. The minimum absolute atomic E-state index is 0.0146. The SMILES string of the molecule is CC(C)(C)c1ccc(C(=O)Nc2ccc(S(=O)(=O)N3CCCC[C@@H]3c3cccnc3)cc2)cc1. The molecule has 0 saturated carbocycles. The molecule has 1 atom stereocenters. The Balaban J connectivity index is 1.49. The van der Waals surface area contributed by atoms with Gasteiger partial charge in [0.1, 0.15) is 0 Å². The van der Waals surface area contributed by atoms with Gasteiger partial charge in [-0.3, -0.25) is 9.78 Å². The molecule has 1 amide bonds. The summed E-state index contributed by atoms with van der Waals surface area (Å²) < 4.78 is 28.5. The summed E-state index contributed by atoms with van der Waals surface area (Å²) >= 11 is 0. The lowest BCUT2D eigenvalue weighted by Crippen LogP contribution is -2.38. The van der Waals surface area contributed by atoms with E-state index in [-0.39, 0.29) is 22.3 Å². The summed E-state index contributed by atoms with van der Waals surface area (Å²) in [7, 11) is -3.68. The van der Waals surface area contributed by atoms with E-state index in [4.69, 9.17) is 0 Å². The molecule has 0 spiro atoms. The van der Waals surface area contributed by atoms with Crippen LogP contribution in [0.25, 0.3) is 0 Å². The highest BCUT2D eigenvalue weighted by atomic mass is 32.2. The standard InChI is InChI=1S/C27H31N3O3S/c1-27(2,3)22-11-9-20(10-12-22)26(31)29-23-13-15-24(16-14-23)34(32,33)30-18-5-4-8-25(30)21-7-6-17-28-19-21/h6-7,9-17,19,25H,4-5,8,18H2,1-3H3,(H,29,31)/t25-/m1/s1. The van der Waals surface area contributed by atoms with Gasteiger partial charge in [0, 0.05) is 30.2 Å². The Morgan fingerprint density at radius 1 is 1.00 bits per heavy atom. The molecule has 178 valence electrons. The lowest BCUT2D eigenvalue weighted by Gasteiger charge is -2.34. The van der Waals surface area contributed by atoms with Gasteiger partial charge in [-0.05, 0) is 71.8 Å². The van der Waals surface area contributed by atoms with Crippen molar-refractivity contribution in [2.45, 2.75) is 56.4 Å². The monoisotopic (exact) mass is 477 g/mol. The van der Waals surface area contributed by atoms with Crippen LogP contribution >= 0.6 is 0 Å². The predicted molar refractivity (Wildman–Crippen MR) is 134 cm³/mol. The molecular formula is C27H31N3O3S. The third kappa shape index (κ3) is 5.21. The second-order valence-corrected chi connectivity index (χ2v) is 11.6. The molecule has 0 aliphatic carbocycles. The first-order valence-corrected chi connectivity index (χ1v) is 13.0. The van der Waals surface area contributed by atoms with Crippen LogP contribution in [-0.4, -0.2) is 30.2 Å². The van der Waals surface area contributed by atoms with Crippen LogP contribution in [0.5, 0.6) is 0 Å². The number of piperidine rings is 1. The van der Waals surface area contributed by atoms with E-state index < -0.39 is 10.0 Å². The fraction of sp³-hybridized carbons (Fsp3) is 0.333. The van der Waals surface area contributed by atoms with Crippen molar-refractivity contribution in [1.82, 2.24) is 9.29 Å². The minimum Gasteiger partial charge on any atom is -0.322 e. The maximum atomic E-state index is 13.5. The van der Waals surface area contributed by atoms with Gasteiger partial charge in [-0.15, -0.1) is 0 Å². The molecule has 7 heteroatoms. The largest absolute Gasteiger partial charge is 0.322 e. The van der Waals surface area contributed by atoms with Crippen LogP contribution in [0.15, 0.2) is 78.0 Å². The van der Waals surface area contributed by atoms with Gasteiger partial charge in [-0.2, -0.15) is 4.31 Å². The average molecular weight is 478 g/mol. The van der Waals surface area contributed by atoms with Crippen LogP contribution in [0.4, 0.5) is 5.69 Å². The fourth-order valence-electron chi connectivity index (χ4n) is 4.27. The molecule has 34 heavy (non-hydrogen) atoms. The minimum atomic E-state index is -3.68. The van der Waals surface area contributed by atoms with Crippen LogP contribution in [-0.2, 0) is 15.4 Å². The zero-order valence-corrected chi connectivity index (χ0v) is 20.7. The molecule has 1 fully saturated rings. The predicted octanol–water partition coefficient (Wildman–Crippen LogP) is 5.55. The number of pyridine rings is 1. The van der Waals surface area contributed by atoms with Gasteiger partial charge in [0.2, 0.25) is 10.0 Å². The summed E-state index contributed by atoms with van der Waals surface area (Å²) in [6.07, 6.45) is 6.01. The van der Waals surface area contributed by atoms with E-state index >= 15 is 0 Å². The van der Waals surface area contributed by atoms with Crippen molar-refractivity contribution in [3.63, 3.8) is 0 Å². The molecule has 0 radical (unpaired) electrons. The van der Waals surface area contributed by atoms with Gasteiger partial charge in [0.05, 0.1) is 10.9 Å². The van der Waals surface area contributed by atoms with Crippen LogP contribution in [0.2, 0.25) is 0 Å². The zero-order valence-electron chi connectivity index (χ0n) is 19.9. The van der Waals surface area contributed by atoms with E-state index in [2.05, 4.69) is 31.1 Å². The van der Waals surface area contributed by atoms with E-state index in [9.17, 15) is 13.2 Å². The molecule has 0 unspecified atom stereocenters. The van der Waals surface area contributed by atoms with Crippen LogP contribution in [0.3, 0.4) is 0 Å². The highest BCUT2D eigenvalue weighted by Gasteiger charge is 2.34. The number of nitrogens with zero attached hydrogens (tertiary/aromatic N) is 2. The molecule has 3 aromatic rings. The highest BCUT2D eigenvalue weighted by molar-refractivity contribution is 7.89. The third-order valence-corrected chi connectivity index (χ3v) is 8.18. The van der Waals surface area contributed by atoms with Crippen molar-refractivity contribution in [2.75, 3.05) is 11.9 Å². The van der Waals surface area contributed by atoms with Crippen molar-refractivity contribution in [3.05, 3.63) is 89.7 Å². The summed E-state index contributed by atoms with van der Waals surface area (Å²) in [5.41, 5.74) is 3.18. The molecule has 0 bridgehead atoms. The van der Waals surface area contributed by atoms with Crippen molar-refractivity contribution in [2.24, 2.45) is 0 Å². The van der Waals surface area contributed by atoms with E-state index in [1.165, 1.54) is 0 Å². The Bertz CT molecular complexity index is 1230. The Kier molecular flexibility index (Phi) is 6.86. The summed E-state index contributed by atoms with van der Waals surface area (Å²) in [5, 5.41) is 2.85. The van der Waals surface area contributed by atoms with Crippen molar-refractivity contribution >= 4 is 21.6 Å². The lowest BCUT2D eigenvalue weighted by atomic mass is 9.87. The van der Waals surface area contributed by atoms with Gasteiger partial charge >= 0.3 is 0 Å². The molecule has 6 nitrogen and oxygen atoms in total. The van der Waals surface area contributed by atoms with Gasteiger partial charge in [-0.1, -0.05) is 45.4 Å². The van der Waals surface area contributed by atoms with E-state index in [0.29, 0.717) is 17.8 Å². The maximum Gasteiger partial charge on any atom is 0.255 e. The molecule has 2 heterocycles. The second kappa shape index (κ2) is 9.68. The zero-order chi connectivity index (χ0) is 24.3.